The van der Waals surface area contributed by atoms with Crippen molar-refractivity contribution in [3.05, 3.63) is 35.7 Å². The van der Waals surface area contributed by atoms with Gasteiger partial charge in [-0.15, -0.1) is 0 Å². The van der Waals surface area contributed by atoms with Crippen LogP contribution in [0.15, 0.2) is 33.4 Å². The van der Waals surface area contributed by atoms with Crippen molar-refractivity contribution in [2.45, 2.75) is 51.9 Å². The highest BCUT2D eigenvalue weighted by Gasteiger charge is 2.28. The van der Waals surface area contributed by atoms with Gasteiger partial charge in [0.15, 0.2) is 5.76 Å². The first-order valence-corrected chi connectivity index (χ1v) is 12.0. The fraction of sp³-hybridized carbons (Fsp3) is 0.520. The summed E-state index contributed by atoms with van der Waals surface area (Å²) in [6.45, 7) is 3.96. The minimum atomic E-state index is -0.101. The van der Waals surface area contributed by atoms with E-state index in [-0.39, 0.29) is 11.8 Å². The van der Waals surface area contributed by atoms with Crippen LogP contribution in [0, 0.1) is 12.8 Å². The molecular formula is C25H30N4O4. The van der Waals surface area contributed by atoms with Gasteiger partial charge in [-0.25, -0.2) is 4.98 Å². The van der Waals surface area contributed by atoms with E-state index >= 15 is 0 Å². The quantitative estimate of drug-likeness (QED) is 0.571. The average molecular weight is 451 g/mol. The molecular weight excluding hydrogens is 420 g/mol. The number of nitrogens with zero attached hydrogens (tertiary/aromatic N) is 4. The predicted molar refractivity (Wildman–Crippen MR) is 123 cm³/mol. The van der Waals surface area contributed by atoms with Gasteiger partial charge in [-0.05, 0) is 37.5 Å². The van der Waals surface area contributed by atoms with E-state index < -0.39 is 0 Å². The first kappa shape index (κ1) is 21.7. The lowest BCUT2D eigenvalue weighted by atomic mass is 9.86. The highest BCUT2D eigenvalue weighted by molar-refractivity contribution is 6.07. The Labute approximate surface area is 192 Å². The lowest BCUT2D eigenvalue weighted by Crippen LogP contribution is -2.50. The molecule has 0 N–H and O–H groups in total. The van der Waals surface area contributed by atoms with E-state index in [0.717, 1.165) is 6.42 Å². The van der Waals surface area contributed by atoms with Gasteiger partial charge < -0.3 is 18.7 Å². The number of amides is 2. The smallest absolute Gasteiger partial charge is 0.259 e. The lowest BCUT2D eigenvalue weighted by Gasteiger charge is -2.35. The zero-order valence-electron chi connectivity index (χ0n) is 19.1. The van der Waals surface area contributed by atoms with E-state index in [4.69, 9.17) is 8.94 Å². The van der Waals surface area contributed by atoms with Crippen LogP contribution in [0.2, 0.25) is 0 Å². The van der Waals surface area contributed by atoms with E-state index in [1.807, 2.05) is 4.90 Å². The normalized spacial score (nSPS) is 17.6. The summed E-state index contributed by atoms with van der Waals surface area (Å²) in [6, 6.07) is 5.32. The number of fused-ring (bicyclic) bond motifs is 1. The zero-order valence-corrected chi connectivity index (χ0v) is 19.1. The third-order valence-electron chi connectivity index (χ3n) is 7.03. The number of aryl methyl sites for hydroxylation is 1. The Morgan fingerprint density at radius 2 is 1.85 bits per heavy atom. The fourth-order valence-electron chi connectivity index (χ4n) is 5.10. The van der Waals surface area contributed by atoms with Crippen molar-refractivity contribution in [3.63, 3.8) is 0 Å². The summed E-state index contributed by atoms with van der Waals surface area (Å²) in [6.07, 6.45) is 9.65. The zero-order chi connectivity index (χ0) is 22.8. The summed E-state index contributed by atoms with van der Waals surface area (Å²) in [5, 5.41) is 4.63. The van der Waals surface area contributed by atoms with Crippen LogP contribution in [0.5, 0.6) is 0 Å². The Morgan fingerprint density at radius 1 is 1.09 bits per heavy atom. The van der Waals surface area contributed by atoms with E-state index in [9.17, 15) is 9.59 Å². The summed E-state index contributed by atoms with van der Waals surface area (Å²) in [5.41, 5.74) is 1.98. The molecule has 0 spiro atoms. The van der Waals surface area contributed by atoms with Crippen molar-refractivity contribution in [2.75, 3.05) is 26.2 Å². The number of piperazine rings is 1. The van der Waals surface area contributed by atoms with Crippen LogP contribution in [0.25, 0.3) is 22.6 Å². The van der Waals surface area contributed by atoms with E-state index in [0.29, 0.717) is 72.3 Å². The molecule has 0 bridgehead atoms. The summed E-state index contributed by atoms with van der Waals surface area (Å²) in [5.74, 6) is 1.38. The molecule has 3 aromatic heterocycles. The van der Waals surface area contributed by atoms with Gasteiger partial charge in [0.25, 0.3) is 11.6 Å². The van der Waals surface area contributed by atoms with Gasteiger partial charge in [-0.1, -0.05) is 37.3 Å². The molecule has 4 heterocycles. The Hall–Kier alpha value is -3.16. The molecule has 1 aliphatic heterocycles. The van der Waals surface area contributed by atoms with Crippen molar-refractivity contribution < 1.29 is 18.5 Å². The van der Waals surface area contributed by atoms with Crippen molar-refractivity contribution in [3.8, 4) is 11.5 Å². The molecule has 2 fully saturated rings. The van der Waals surface area contributed by atoms with Gasteiger partial charge in [-0.3, -0.25) is 9.59 Å². The topological polar surface area (TPSA) is 92.7 Å². The van der Waals surface area contributed by atoms with Crippen LogP contribution in [-0.2, 0) is 4.79 Å². The van der Waals surface area contributed by atoms with Gasteiger partial charge in [0.2, 0.25) is 5.91 Å². The van der Waals surface area contributed by atoms with Crippen molar-refractivity contribution in [1.29, 1.82) is 0 Å². The number of furan rings is 1. The van der Waals surface area contributed by atoms with E-state index in [2.05, 4.69) is 10.1 Å². The number of rotatable bonds is 5. The summed E-state index contributed by atoms with van der Waals surface area (Å²) >= 11 is 0. The number of carbonyl (C=O) groups excluding carboxylic acids is 2. The first-order valence-electron chi connectivity index (χ1n) is 12.0. The number of hydrogen-bond donors (Lipinski definition) is 0. The molecule has 0 atom stereocenters. The van der Waals surface area contributed by atoms with Gasteiger partial charge in [0.1, 0.15) is 5.69 Å². The van der Waals surface area contributed by atoms with Crippen LogP contribution in [-0.4, -0.2) is 57.9 Å². The highest BCUT2D eigenvalue weighted by atomic mass is 16.5. The minimum Gasteiger partial charge on any atom is -0.463 e. The molecule has 1 saturated carbocycles. The third-order valence-corrected chi connectivity index (χ3v) is 7.03. The molecule has 2 aliphatic rings. The maximum absolute atomic E-state index is 13.5. The highest BCUT2D eigenvalue weighted by Crippen LogP contribution is 2.29. The monoisotopic (exact) mass is 450 g/mol. The van der Waals surface area contributed by atoms with Crippen molar-refractivity contribution in [1.82, 2.24) is 19.9 Å². The first-order chi connectivity index (χ1) is 16.1. The van der Waals surface area contributed by atoms with Gasteiger partial charge in [-0.2, -0.15) is 0 Å². The lowest BCUT2D eigenvalue weighted by molar-refractivity contribution is -0.133. The van der Waals surface area contributed by atoms with Crippen molar-refractivity contribution in [2.24, 2.45) is 5.92 Å². The summed E-state index contributed by atoms with van der Waals surface area (Å²) in [7, 11) is 0. The van der Waals surface area contributed by atoms with E-state index in [1.165, 1.54) is 32.1 Å². The molecule has 1 aliphatic carbocycles. The van der Waals surface area contributed by atoms with Crippen molar-refractivity contribution >= 4 is 22.9 Å². The van der Waals surface area contributed by atoms with Gasteiger partial charge in [0, 0.05) is 32.6 Å². The maximum atomic E-state index is 13.5. The van der Waals surface area contributed by atoms with Crippen LogP contribution in [0.4, 0.5) is 0 Å². The molecule has 8 heteroatoms. The maximum Gasteiger partial charge on any atom is 0.259 e. The molecule has 2 amide bonds. The Bertz CT molecular complexity index is 1120. The molecule has 174 valence electrons. The molecule has 1 saturated heterocycles. The largest absolute Gasteiger partial charge is 0.463 e. The van der Waals surface area contributed by atoms with Gasteiger partial charge in [0.05, 0.1) is 22.9 Å². The molecule has 0 unspecified atom stereocenters. The van der Waals surface area contributed by atoms with Gasteiger partial charge >= 0.3 is 0 Å². The van der Waals surface area contributed by atoms with Crippen LogP contribution >= 0.6 is 0 Å². The SMILES string of the molecule is Cc1noc2nc(-c3ccco3)cc(C(=O)N3CCN(C(=O)CCC4CCCCC4)CC3)c12. The summed E-state index contributed by atoms with van der Waals surface area (Å²) in [4.78, 5) is 34.4. The Balaban J connectivity index is 1.26. The molecule has 8 nitrogen and oxygen atoms in total. The second-order valence-electron chi connectivity index (χ2n) is 9.20. The fourth-order valence-corrected chi connectivity index (χ4v) is 5.10. The number of pyridine rings is 1. The summed E-state index contributed by atoms with van der Waals surface area (Å²) < 4.78 is 10.8. The minimum absolute atomic E-state index is 0.101. The van der Waals surface area contributed by atoms with Crippen LogP contribution in [0.1, 0.15) is 61.0 Å². The van der Waals surface area contributed by atoms with E-state index in [1.54, 1.807) is 36.3 Å². The van der Waals surface area contributed by atoms with Crippen LogP contribution in [0.3, 0.4) is 0 Å². The second-order valence-corrected chi connectivity index (χ2v) is 9.20. The molecule has 5 rings (SSSR count). The molecule has 3 aromatic rings. The molecule has 0 aromatic carbocycles. The molecule has 0 radical (unpaired) electrons. The Kier molecular flexibility index (Phi) is 6.15. The average Bonchev–Trinajstić information content (AvgIpc) is 3.53. The third kappa shape index (κ3) is 4.51. The number of hydrogen-bond acceptors (Lipinski definition) is 6. The standard InChI is InChI=1S/C25H30N4O4/c1-17-23-19(16-20(21-8-5-15-32-21)26-24(23)33-27-17)25(31)29-13-11-28(12-14-29)22(30)10-9-18-6-3-2-4-7-18/h5,8,15-16,18H,2-4,6-7,9-14H2,1H3. The second kappa shape index (κ2) is 9.37. The predicted octanol–water partition coefficient (Wildman–Crippen LogP) is 4.44. The Morgan fingerprint density at radius 3 is 2.58 bits per heavy atom. The van der Waals surface area contributed by atoms with Crippen LogP contribution < -0.4 is 0 Å². The number of aromatic nitrogens is 2. The molecule has 33 heavy (non-hydrogen) atoms. The number of carbonyl (C=O) groups is 2.